The lowest BCUT2D eigenvalue weighted by Gasteiger charge is -2.13. The first-order valence-corrected chi connectivity index (χ1v) is 8.45. The summed E-state index contributed by atoms with van der Waals surface area (Å²) in [4.78, 5) is 11.9. The minimum absolute atomic E-state index is 0.379. The van der Waals surface area contributed by atoms with Crippen LogP contribution in [0.25, 0.3) is 0 Å². The highest BCUT2D eigenvalue weighted by molar-refractivity contribution is 9.11. The van der Waals surface area contributed by atoms with Gasteiger partial charge in [-0.15, -0.1) is 0 Å². The molecule has 0 atom stereocenters. The van der Waals surface area contributed by atoms with Gasteiger partial charge in [-0.3, -0.25) is 0 Å². The number of hydrogen-bond acceptors (Lipinski definition) is 3. The van der Waals surface area contributed by atoms with Crippen molar-refractivity contribution in [1.29, 1.82) is 0 Å². The van der Waals surface area contributed by atoms with Crippen LogP contribution in [0, 0.1) is 0 Å². The Hall–Kier alpha value is -0.850. The zero-order valence-corrected chi connectivity index (χ0v) is 15.9. The van der Waals surface area contributed by atoms with Crippen LogP contribution in [0.3, 0.4) is 0 Å². The van der Waals surface area contributed by atoms with E-state index in [2.05, 4.69) is 53.1 Å². The van der Waals surface area contributed by atoms with Gasteiger partial charge >= 0.3 is 5.97 Å². The summed E-state index contributed by atoms with van der Waals surface area (Å²) in [5, 5.41) is 3.28. The SMILES string of the molecule is COC(=O)c1cc(Br)cc(Br)c1NCc1ccc(Br)cc1. The molecule has 3 nitrogen and oxygen atoms in total. The van der Waals surface area contributed by atoms with Crippen molar-refractivity contribution in [3.05, 3.63) is 60.9 Å². The van der Waals surface area contributed by atoms with Crippen molar-refractivity contribution in [2.45, 2.75) is 6.54 Å². The Bertz CT molecular complexity index is 657. The molecule has 2 aromatic carbocycles. The summed E-state index contributed by atoms with van der Waals surface area (Å²) in [6.07, 6.45) is 0. The van der Waals surface area contributed by atoms with Crippen molar-refractivity contribution in [3.8, 4) is 0 Å². The van der Waals surface area contributed by atoms with E-state index in [1.807, 2.05) is 30.3 Å². The number of hydrogen-bond donors (Lipinski definition) is 1. The largest absolute Gasteiger partial charge is 0.465 e. The molecule has 0 aliphatic rings. The van der Waals surface area contributed by atoms with Gasteiger partial charge in [-0.05, 0) is 45.8 Å². The maximum Gasteiger partial charge on any atom is 0.340 e. The van der Waals surface area contributed by atoms with Gasteiger partial charge in [0, 0.05) is 20.0 Å². The van der Waals surface area contributed by atoms with E-state index in [0.717, 1.165) is 19.0 Å². The van der Waals surface area contributed by atoms with Crippen LogP contribution in [0.5, 0.6) is 0 Å². The third kappa shape index (κ3) is 4.31. The van der Waals surface area contributed by atoms with E-state index in [1.54, 1.807) is 6.07 Å². The van der Waals surface area contributed by atoms with Crippen molar-refractivity contribution in [3.63, 3.8) is 0 Å². The molecule has 0 aliphatic heterocycles. The zero-order chi connectivity index (χ0) is 15.4. The fraction of sp³-hybridized carbons (Fsp3) is 0.133. The Kier molecular flexibility index (Phi) is 5.84. The van der Waals surface area contributed by atoms with E-state index in [9.17, 15) is 4.79 Å². The Balaban J connectivity index is 2.26. The second kappa shape index (κ2) is 7.42. The molecule has 0 heterocycles. The highest BCUT2D eigenvalue weighted by atomic mass is 79.9. The lowest BCUT2D eigenvalue weighted by Crippen LogP contribution is -2.09. The quantitative estimate of drug-likeness (QED) is 0.601. The molecular formula is C15H12Br3NO2. The lowest BCUT2D eigenvalue weighted by molar-refractivity contribution is 0.0601. The third-order valence-corrected chi connectivity index (χ3v) is 4.45. The number of halogens is 3. The average molecular weight is 478 g/mol. The molecule has 0 aromatic heterocycles. The molecule has 0 aliphatic carbocycles. The molecule has 0 saturated heterocycles. The van der Waals surface area contributed by atoms with Gasteiger partial charge in [0.15, 0.2) is 0 Å². The molecule has 0 amide bonds. The normalized spacial score (nSPS) is 10.3. The van der Waals surface area contributed by atoms with Gasteiger partial charge in [0.2, 0.25) is 0 Å². The van der Waals surface area contributed by atoms with E-state index in [-0.39, 0.29) is 5.97 Å². The van der Waals surface area contributed by atoms with E-state index in [4.69, 9.17) is 4.74 Å². The molecule has 0 radical (unpaired) electrons. The zero-order valence-electron chi connectivity index (χ0n) is 11.1. The number of esters is 1. The molecule has 0 bridgehead atoms. The van der Waals surface area contributed by atoms with E-state index in [1.165, 1.54) is 7.11 Å². The van der Waals surface area contributed by atoms with Gasteiger partial charge in [0.1, 0.15) is 0 Å². The smallest absolute Gasteiger partial charge is 0.340 e. The highest BCUT2D eigenvalue weighted by Crippen LogP contribution is 2.31. The van der Waals surface area contributed by atoms with Gasteiger partial charge in [-0.2, -0.15) is 0 Å². The molecule has 2 rings (SSSR count). The first-order chi connectivity index (χ1) is 10.0. The first kappa shape index (κ1) is 16.5. The second-order valence-corrected chi connectivity index (χ2v) is 6.97. The Morgan fingerprint density at radius 2 is 1.76 bits per heavy atom. The average Bonchev–Trinajstić information content (AvgIpc) is 2.46. The Morgan fingerprint density at radius 3 is 2.38 bits per heavy atom. The predicted octanol–water partition coefficient (Wildman–Crippen LogP) is 5.37. The standard InChI is InChI=1S/C15H12Br3NO2/c1-21-15(20)12-6-11(17)7-13(18)14(12)19-8-9-2-4-10(16)5-3-9/h2-7,19H,8H2,1H3. The summed E-state index contributed by atoms with van der Waals surface area (Å²) in [5.41, 5.74) is 2.31. The number of carbonyl (C=O) groups excluding carboxylic acids is 1. The number of anilines is 1. The fourth-order valence-electron chi connectivity index (χ4n) is 1.82. The molecule has 110 valence electrons. The van der Waals surface area contributed by atoms with Crippen molar-refractivity contribution < 1.29 is 9.53 Å². The third-order valence-electron chi connectivity index (χ3n) is 2.84. The van der Waals surface area contributed by atoms with Crippen LogP contribution in [0.4, 0.5) is 5.69 Å². The van der Waals surface area contributed by atoms with Crippen LogP contribution in [0.15, 0.2) is 49.8 Å². The topological polar surface area (TPSA) is 38.3 Å². The van der Waals surface area contributed by atoms with Crippen LogP contribution >= 0.6 is 47.8 Å². The highest BCUT2D eigenvalue weighted by Gasteiger charge is 2.15. The Morgan fingerprint density at radius 1 is 1.10 bits per heavy atom. The van der Waals surface area contributed by atoms with Crippen LogP contribution in [-0.2, 0) is 11.3 Å². The molecule has 0 saturated carbocycles. The van der Waals surface area contributed by atoms with Crippen LogP contribution in [0.2, 0.25) is 0 Å². The first-order valence-electron chi connectivity index (χ1n) is 6.07. The number of nitrogens with one attached hydrogen (secondary N) is 1. The van der Waals surface area contributed by atoms with Crippen LogP contribution in [0.1, 0.15) is 15.9 Å². The van der Waals surface area contributed by atoms with Gasteiger partial charge in [-0.25, -0.2) is 4.79 Å². The summed E-state index contributed by atoms with van der Waals surface area (Å²) in [6.45, 7) is 0.609. The van der Waals surface area contributed by atoms with E-state index in [0.29, 0.717) is 17.8 Å². The second-order valence-electron chi connectivity index (χ2n) is 4.28. The lowest BCUT2D eigenvalue weighted by atomic mass is 10.1. The van der Waals surface area contributed by atoms with E-state index < -0.39 is 0 Å². The van der Waals surface area contributed by atoms with Crippen molar-refractivity contribution in [2.75, 3.05) is 12.4 Å². The number of carbonyl (C=O) groups is 1. The minimum atomic E-state index is -0.379. The van der Waals surface area contributed by atoms with E-state index >= 15 is 0 Å². The van der Waals surface area contributed by atoms with Gasteiger partial charge in [0.05, 0.1) is 18.4 Å². The van der Waals surface area contributed by atoms with Gasteiger partial charge < -0.3 is 10.1 Å². The number of methoxy groups -OCH3 is 1. The summed E-state index contributed by atoms with van der Waals surface area (Å²) in [5.74, 6) is -0.379. The molecule has 0 fully saturated rings. The molecule has 6 heteroatoms. The minimum Gasteiger partial charge on any atom is -0.465 e. The number of benzene rings is 2. The maximum atomic E-state index is 11.9. The van der Waals surface area contributed by atoms with Crippen molar-refractivity contribution in [1.82, 2.24) is 0 Å². The molecule has 21 heavy (non-hydrogen) atoms. The summed E-state index contributed by atoms with van der Waals surface area (Å²) < 4.78 is 7.47. The van der Waals surface area contributed by atoms with Crippen LogP contribution in [-0.4, -0.2) is 13.1 Å². The maximum absolute atomic E-state index is 11.9. The monoisotopic (exact) mass is 475 g/mol. The van der Waals surface area contributed by atoms with Gasteiger partial charge in [0.25, 0.3) is 0 Å². The van der Waals surface area contributed by atoms with Crippen LogP contribution < -0.4 is 5.32 Å². The fourth-order valence-corrected chi connectivity index (χ4v) is 3.45. The van der Waals surface area contributed by atoms with Gasteiger partial charge in [-0.1, -0.05) is 44.0 Å². The molecule has 2 aromatic rings. The Labute approximate surface area is 148 Å². The molecule has 0 spiro atoms. The molecular weight excluding hydrogens is 466 g/mol. The summed E-state index contributed by atoms with van der Waals surface area (Å²) >= 11 is 10.3. The molecule has 1 N–H and O–H groups in total. The van der Waals surface area contributed by atoms with Crippen molar-refractivity contribution >= 4 is 59.4 Å². The van der Waals surface area contributed by atoms with Crippen molar-refractivity contribution in [2.24, 2.45) is 0 Å². The predicted molar refractivity (Wildman–Crippen MR) is 94.7 cm³/mol. The summed E-state index contributed by atoms with van der Waals surface area (Å²) in [6, 6.07) is 11.6. The number of ether oxygens (including phenoxy) is 1. The number of rotatable bonds is 4. The molecule has 0 unspecified atom stereocenters. The summed E-state index contributed by atoms with van der Waals surface area (Å²) in [7, 11) is 1.37.